The quantitative estimate of drug-likeness (QED) is 0.615. The first-order chi connectivity index (χ1) is 13.7. The van der Waals surface area contributed by atoms with Crippen LogP contribution < -0.4 is 4.74 Å². The minimum atomic E-state index is -0.361. The molecule has 0 saturated carbocycles. The Labute approximate surface area is 170 Å². The number of aromatic nitrogens is 2. The van der Waals surface area contributed by atoms with E-state index in [0.29, 0.717) is 5.92 Å². The van der Waals surface area contributed by atoms with Crippen molar-refractivity contribution >= 4 is 11.6 Å². The van der Waals surface area contributed by atoms with Crippen molar-refractivity contribution in [1.29, 1.82) is 0 Å². The van der Waals surface area contributed by atoms with Crippen molar-refractivity contribution in [2.75, 3.05) is 20.3 Å². The fourth-order valence-corrected chi connectivity index (χ4v) is 5.07. The molecule has 144 valence electrons. The van der Waals surface area contributed by atoms with Crippen molar-refractivity contribution in [3.63, 3.8) is 0 Å². The number of ether oxygens (including phenoxy) is 2. The van der Waals surface area contributed by atoms with Gasteiger partial charge in [0, 0.05) is 41.8 Å². The summed E-state index contributed by atoms with van der Waals surface area (Å²) < 4.78 is 13.8. The summed E-state index contributed by atoms with van der Waals surface area (Å²) in [4.78, 5) is 4.70. The smallest absolute Gasteiger partial charge is 0.141 e. The van der Waals surface area contributed by atoms with Crippen LogP contribution >= 0.6 is 11.6 Å². The van der Waals surface area contributed by atoms with Gasteiger partial charge in [0.15, 0.2) is 0 Å². The Morgan fingerprint density at radius 3 is 2.71 bits per heavy atom. The van der Waals surface area contributed by atoms with E-state index in [4.69, 9.17) is 26.1 Å². The first-order valence-electron chi connectivity index (χ1n) is 9.79. The normalized spacial score (nSPS) is 21.4. The van der Waals surface area contributed by atoms with Crippen molar-refractivity contribution in [2.45, 2.75) is 24.8 Å². The monoisotopic (exact) mass is 394 g/mol. The largest absolute Gasteiger partial charge is 0.496 e. The van der Waals surface area contributed by atoms with Gasteiger partial charge in [-0.2, -0.15) is 0 Å². The van der Waals surface area contributed by atoms with Crippen LogP contribution in [0, 0.1) is 5.92 Å². The van der Waals surface area contributed by atoms with Crippen LogP contribution in [0.25, 0.3) is 11.4 Å². The number of nitrogens with zero attached hydrogens (tertiary/aromatic N) is 2. The molecule has 1 saturated heterocycles. The molecule has 0 bridgehead atoms. The molecule has 0 amide bonds. The van der Waals surface area contributed by atoms with E-state index in [1.807, 2.05) is 24.4 Å². The van der Waals surface area contributed by atoms with E-state index in [-0.39, 0.29) is 5.54 Å². The highest BCUT2D eigenvalue weighted by Crippen LogP contribution is 2.54. The molecule has 0 N–H and O–H groups in total. The number of rotatable bonds is 4. The summed E-state index contributed by atoms with van der Waals surface area (Å²) in [6, 6.07) is 14.5. The maximum absolute atomic E-state index is 6.23. The maximum atomic E-state index is 6.23. The highest BCUT2D eigenvalue weighted by atomic mass is 35.5. The summed E-state index contributed by atoms with van der Waals surface area (Å²) in [5.41, 5.74) is 3.20. The Morgan fingerprint density at radius 2 is 1.96 bits per heavy atom. The van der Waals surface area contributed by atoms with Crippen LogP contribution in [0.1, 0.15) is 30.4 Å². The van der Waals surface area contributed by atoms with Crippen LogP contribution in [-0.2, 0) is 10.3 Å². The molecule has 0 spiro atoms. The fraction of sp³-hybridized carbons (Fsp3) is 0.348. The van der Waals surface area contributed by atoms with Gasteiger partial charge in [0.2, 0.25) is 0 Å². The average Bonchev–Trinajstić information content (AvgIpc) is 3.31. The minimum Gasteiger partial charge on any atom is -0.496 e. The zero-order valence-electron chi connectivity index (χ0n) is 15.9. The Bertz CT molecular complexity index is 992. The number of benzene rings is 2. The van der Waals surface area contributed by atoms with Crippen molar-refractivity contribution in [2.24, 2.45) is 5.92 Å². The first kappa shape index (κ1) is 17.8. The van der Waals surface area contributed by atoms with E-state index in [0.717, 1.165) is 54.6 Å². The molecule has 3 heterocycles. The molecule has 5 heteroatoms. The molecule has 1 aromatic heterocycles. The molecule has 2 aromatic carbocycles. The highest BCUT2D eigenvalue weighted by Gasteiger charge is 2.48. The highest BCUT2D eigenvalue weighted by molar-refractivity contribution is 6.30. The van der Waals surface area contributed by atoms with E-state index in [1.165, 1.54) is 11.1 Å². The summed E-state index contributed by atoms with van der Waals surface area (Å²) in [6.07, 6.45) is 7.12. The third-order valence-electron chi connectivity index (χ3n) is 6.20. The molecular formula is C23H23ClN2O2. The van der Waals surface area contributed by atoms with E-state index in [2.05, 4.69) is 35.0 Å². The van der Waals surface area contributed by atoms with Crippen molar-refractivity contribution in [3.05, 3.63) is 71.0 Å². The van der Waals surface area contributed by atoms with Gasteiger partial charge in [0.1, 0.15) is 17.1 Å². The molecule has 0 radical (unpaired) electrons. The summed E-state index contributed by atoms with van der Waals surface area (Å²) in [7, 11) is 1.75. The molecular weight excluding hydrogens is 372 g/mol. The van der Waals surface area contributed by atoms with Crippen LogP contribution in [0.5, 0.6) is 5.75 Å². The molecule has 0 aliphatic carbocycles. The van der Waals surface area contributed by atoms with Crippen molar-refractivity contribution in [3.8, 4) is 17.1 Å². The van der Waals surface area contributed by atoms with Gasteiger partial charge in [-0.15, -0.1) is 0 Å². The Balaban J connectivity index is 1.78. The number of hydrogen-bond acceptors (Lipinski definition) is 3. The lowest BCUT2D eigenvalue weighted by Gasteiger charge is -2.38. The average molecular weight is 395 g/mol. The zero-order chi connectivity index (χ0) is 19.1. The van der Waals surface area contributed by atoms with Crippen LogP contribution in [0.3, 0.4) is 0 Å². The van der Waals surface area contributed by atoms with Crippen molar-refractivity contribution in [1.82, 2.24) is 9.55 Å². The minimum absolute atomic E-state index is 0.361. The van der Waals surface area contributed by atoms with Gasteiger partial charge < -0.3 is 14.0 Å². The molecule has 28 heavy (non-hydrogen) atoms. The third kappa shape index (κ3) is 2.59. The fourth-order valence-electron chi connectivity index (χ4n) is 4.94. The predicted octanol–water partition coefficient (Wildman–Crippen LogP) is 5.13. The number of halogens is 1. The number of hydrogen-bond donors (Lipinski definition) is 0. The molecule has 2 aliphatic rings. The molecule has 2 aliphatic heterocycles. The topological polar surface area (TPSA) is 36.3 Å². The number of methoxy groups -OCH3 is 1. The van der Waals surface area contributed by atoms with E-state index >= 15 is 0 Å². The van der Waals surface area contributed by atoms with Gasteiger partial charge in [-0.05, 0) is 48.9 Å². The molecule has 4 nitrogen and oxygen atoms in total. The standard InChI is InChI=1S/C23H23ClN2O2/c1-27-20-4-2-3-19-21(20)23(26-12-11-25-22(19)26,15-16-9-13-28-14-10-16)17-5-7-18(24)8-6-17/h2-8,11-12,16H,9-10,13-15H2,1H3. The second-order valence-electron chi connectivity index (χ2n) is 7.63. The van der Waals surface area contributed by atoms with Gasteiger partial charge in [-0.25, -0.2) is 4.98 Å². The van der Waals surface area contributed by atoms with E-state index in [1.54, 1.807) is 7.11 Å². The predicted molar refractivity (Wildman–Crippen MR) is 110 cm³/mol. The summed E-state index contributed by atoms with van der Waals surface area (Å²) in [5, 5.41) is 0.745. The van der Waals surface area contributed by atoms with Crippen molar-refractivity contribution < 1.29 is 9.47 Å². The molecule has 5 rings (SSSR count). The van der Waals surface area contributed by atoms with E-state index in [9.17, 15) is 0 Å². The molecule has 3 aromatic rings. The summed E-state index contributed by atoms with van der Waals surface area (Å²) in [6.45, 7) is 1.66. The molecule has 1 unspecified atom stereocenters. The summed E-state index contributed by atoms with van der Waals surface area (Å²) >= 11 is 6.23. The Morgan fingerprint density at radius 1 is 1.18 bits per heavy atom. The van der Waals surface area contributed by atoms with Gasteiger partial charge in [0.25, 0.3) is 0 Å². The summed E-state index contributed by atoms with van der Waals surface area (Å²) in [5.74, 6) is 2.47. The maximum Gasteiger partial charge on any atom is 0.141 e. The van der Waals surface area contributed by atoms with Crippen LogP contribution in [0.15, 0.2) is 54.9 Å². The van der Waals surface area contributed by atoms with Gasteiger partial charge >= 0.3 is 0 Å². The molecule has 1 fully saturated rings. The van der Waals surface area contributed by atoms with Crippen LogP contribution in [0.4, 0.5) is 0 Å². The second kappa shape index (κ2) is 6.94. The lowest BCUT2D eigenvalue weighted by molar-refractivity contribution is 0.0564. The molecule has 1 atom stereocenters. The second-order valence-corrected chi connectivity index (χ2v) is 8.07. The third-order valence-corrected chi connectivity index (χ3v) is 6.45. The Hall–Kier alpha value is -2.30. The SMILES string of the molecule is COc1cccc2c1C(CC1CCOCC1)(c1ccc(Cl)cc1)n1ccnc1-2. The number of fused-ring (bicyclic) bond motifs is 3. The Kier molecular flexibility index (Phi) is 4.41. The first-order valence-corrected chi connectivity index (χ1v) is 10.2. The number of imidazole rings is 1. The van der Waals surface area contributed by atoms with Crippen LogP contribution in [0.2, 0.25) is 5.02 Å². The van der Waals surface area contributed by atoms with Gasteiger partial charge in [0.05, 0.1) is 7.11 Å². The van der Waals surface area contributed by atoms with E-state index < -0.39 is 0 Å². The zero-order valence-corrected chi connectivity index (χ0v) is 16.7. The van der Waals surface area contributed by atoms with Crippen LogP contribution in [-0.4, -0.2) is 29.9 Å². The lowest BCUT2D eigenvalue weighted by Crippen LogP contribution is -2.37. The van der Waals surface area contributed by atoms with Gasteiger partial charge in [-0.3, -0.25) is 0 Å². The van der Waals surface area contributed by atoms with Gasteiger partial charge in [-0.1, -0.05) is 35.9 Å². The lowest BCUT2D eigenvalue weighted by atomic mass is 9.74.